The van der Waals surface area contributed by atoms with Crippen LogP contribution in [0, 0.1) is 0 Å². The van der Waals surface area contributed by atoms with Gasteiger partial charge in [-0.25, -0.2) is 0 Å². The molecule has 4 nitrogen and oxygen atoms in total. The molecule has 0 aliphatic carbocycles. The van der Waals surface area contributed by atoms with E-state index in [1.165, 1.54) is 57.8 Å². The van der Waals surface area contributed by atoms with Crippen LogP contribution in [-0.4, -0.2) is 60.2 Å². The molecule has 146 valence electrons. The van der Waals surface area contributed by atoms with Crippen molar-refractivity contribution >= 4 is 0 Å². The van der Waals surface area contributed by atoms with Gasteiger partial charge in [0.05, 0.1) is 19.3 Å². The molecule has 0 rings (SSSR count). The molecule has 0 aromatic rings. The zero-order valence-electron chi connectivity index (χ0n) is 16.5. The Morgan fingerprint density at radius 3 is 1.92 bits per heavy atom. The van der Waals surface area contributed by atoms with Crippen LogP contribution in [0.4, 0.5) is 0 Å². The van der Waals surface area contributed by atoms with Crippen LogP contribution in [-0.2, 0) is 4.74 Å². The number of rotatable bonds is 18. The number of hydrogen-bond acceptors (Lipinski definition) is 4. The summed E-state index contributed by atoms with van der Waals surface area (Å²) >= 11 is 0. The first kappa shape index (κ1) is 23.8. The van der Waals surface area contributed by atoms with Crippen LogP contribution in [0.3, 0.4) is 0 Å². The Hall–Kier alpha value is -0.160. The number of ether oxygens (including phenoxy) is 1. The van der Waals surface area contributed by atoms with Gasteiger partial charge in [0, 0.05) is 25.7 Å². The molecule has 0 amide bonds. The Balaban J connectivity index is 3.37. The van der Waals surface area contributed by atoms with Crippen LogP contribution in [0.25, 0.3) is 0 Å². The molecule has 0 spiro atoms. The van der Waals surface area contributed by atoms with Crippen molar-refractivity contribution in [2.75, 3.05) is 32.9 Å². The number of aliphatic hydroxyl groups excluding tert-OH is 2. The van der Waals surface area contributed by atoms with Gasteiger partial charge in [0.25, 0.3) is 0 Å². The minimum absolute atomic E-state index is 0.129. The molecule has 0 saturated heterocycles. The second kappa shape index (κ2) is 17.7. The Morgan fingerprint density at radius 1 is 0.875 bits per heavy atom. The third kappa shape index (κ3) is 15.4. The number of nitrogens with zero attached hydrogens (tertiary/aromatic N) is 1. The zero-order valence-corrected chi connectivity index (χ0v) is 16.5. The monoisotopic (exact) mass is 345 g/mol. The molecule has 4 heteroatoms. The number of hydrogen-bond donors (Lipinski definition) is 2. The van der Waals surface area contributed by atoms with Gasteiger partial charge in [0.1, 0.15) is 0 Å². The molecule has 0 bridgehead atoms. The summed E-state index contributed by atoms with van der Waals surface area (Å²) in [6, 6.07) is 0.328. The molecule has 0 aliphatic rings. The van der Waals surface area contributed by atoms with Crippen molar-refractivity contribution in [1.29, 1.82) is 0 Å². The van der Waals surface area contributed by atoms with Gasteiger partial charge in [-0.05, 0) is 20.3 Å². The minimum Gasteiger partial charge on any atom is -0.395 e. The van der Waals surface area contributed by atoms with E-state index in [1.807, 2.05) is 0 Å². The predicted octanol–water partition coefficient (Wildman–Crippen LogP) is 3.99. The lowest BCUT2D eigenvalue weighted by Crippen LogP contribution is -2.40. The maximum Gasteiger partial charge on any atom is 0.0900 e. The summed E-state index contributed by atoms with van der Waals surface area (Å²) in [7, 11) is 0. The molecule has 0 aromatic heterocycles. The van der Waals surface area contributed by atoms with Crippen molar-refractivity contribution in [2.24, 2.45) is 0 Å². The van der Waals surface area contributed by atoms with E-state index in [1.54, 1.807) is 0 Å². The summed E-state index contributed by atoms with van der Waals surface area (Å²) < 4.78 is 5.59. The smallest absolute Gasteiger partial charge is 0.0900 e. The minimum atomic E-state index is -0.470. The van der Waals surface area contributed by atoms with E-state index in [0.29, 0.717) is 25.7 Å². The fourth-order valence-electron chi connectivity index (χ4n) is 2.92. The first-order valence-electron chi connectivity index (χ1n) is 10.2. The molecule has 0 aromatic carbocycles. The van der Waals surface area contributed by atoms with Crippen molar-refractivity contribution in [3.8, 4) is 0 Å². The maximum absolute atomic E-state index is 10.0. The third-order valence-corrected chi connectivity index (χ3v) is 4.52. The fraction of sp³-hybridized carbons (Fsp3) is 1.00. The Morgan fingerprint density at radius 2 is 1.42 bits per heavy atom. The van der Waals surface area contributed by atoms with Gasteiger partial charge in [0.15, 0.2) is 0 Å². The first-order chi connectivity index (χ1) is 11.6. The summed E-state index contributed by atoms with van der Waals surface area (Å²) in [6.07, 6.45) is 12.8. The predicted molar refractivity (Wildman–Crippen MR) is 102 cm³/mol. The van der Waals surface area contributed by atoms with Crippen LogP contribution in [0.1, 0.15) is 85.0 Å². The quantitative estimate of drug-likeness (QED) is 0.369. The van der Waals surface area contributed by atoms with Crippen LogP contribution in [0.15, 0.2) is 0 Å². The van der Waals surface area contributed by atoms with Gasteiger partial charge in [-0.1, -0.05) is 64.7 Å². The first-order valence-corrected chi connectivity index (χ1v) is 10.2. The third-order valence-electron chi connectivity index (χ3n) is 4.52. The van der Waals surface area contributed by atoms with E-state index in [0.717, 1.165) is 13.0 Å². The number of unbranched alkanes of at least 4 members (excludes halogenated alkanes) is 9. The highest BCUT2D eigenvalue weighted by Crippen LogP contribution is 2.10. The van der Waals surface area contributed by atoms with E-state index >= 15 is 0 Å². The highest BCUT2D eigenvalue weighted by molar-refractivity contribution is 4.67. The van der Waals surface area contributed by atoms with Crippen molar-refractivity contribution < 1.29 is 14.9 Å². The molecule has 0 heterocycles. The summed E-state index contributed by atoms with van der Waals surface area (Å²) in [6.45, 7) is 8.85. The Kier molecular flexibility index (Phi) is 17.5. The maximum atomic E-state index is 10.0. The summed E-state index contributed by atoms with van der Waals surface area (Å²) in [5, 5.41) is 19.0. The standard InChI is InChI=1S/C20H43NO3/c1-4-5-6-7-8-9-10-11-12-13-16-24-18-20(23)17-21(14-15-22)19(2)3/h19-20,22-23H,4-18H2,1-3H3. The Bertz CT molecular complexity index is 249. The molecule has 0 aliphatic heterocycles. The zero-order chi connectivity index (χ0) is 18.0. The molecule has 0 radical (unpaired) electrons. The largest absolute Gasteiger partial charge is 0.395 e. The summed E-state index contributed by atoms with van der Waals surface area (Å²) in [5.41, 5.74) is 0. The average Bonchev–Trinajstić information content (AvgIpc) is 2.55. The van der Waals surface area contributed by atoms with E-state index in [2.05, 4.69) is 25.7 Å². The lowest BCUT2D eigenvalue weighted by Gasteiger charge is -2.27. The highest BCUT2D eigenvalue weighted by atomic mass is 16.5. The second-order valence-corrected chi connectivity index (χ2v) is 7.22. The second-order valence-electron chi connectivity index (χ2n) is 7.22. The van der Waals surface area contributed by atoms with E-state index < -0.39 is 6.10 Å². The highest BCUT2D eigenvalue weighted by Gasteiger charge is 2.14. The van der Waals surface area contributed by atoms with Crippen molar-refractivity contribution in [2.45, 2.75) is 97.1 Å². The SMILES string of the molecule is CCCCCCCCCCCCOCC(O)CN(CCO)C(C)C. The molecule has 0 fully saturated rings. The van der Waals surface area contributed by atoms with Gasteiger partial charge in [0.2, 0.25) is 0 Å². The van der Waals surface area contributed by atoms with Gasteiger partial charge in [-0.2, -0.15) is 0 Å². The van der Waals surface area contributed by atoms with Gasteiger partial charge >= 0.3 is 0 Å². The molecule has 0 saturated carbocycles. The van der Waals surface area contributed by atoms with E-state index in [9.17, 15) is 5.11 Å². The van der Waals surface area contributed by atoms with Crippen molar-refractivity contribution in [3.05, 3.63) is 0 Å². The Labute approximate surface area is 150 Å². The van der Waals surface area contributed by atoms with E-state index in [-0.39, 0.29) is 6.61 Å². The molecular weight excluding hydrogens is 302 g/mol. The van der Waals surface area contributed by atoms with Gasteiger partial charge < -0.3 is 14.9 Å². The van der Waals surface area contributed by atoms with Crippen molar-refractivity contribution in [3.63, 3.8) is 0 Å². The average molecular weight is 346 g/mol. The summed E-state index contributed by atoms with van der Waals surface area (Å²) in [4.78, 5) is 2.08. The molecule has 24 heavy (non-hydrogen) atoms. The fourth-order valence-corrected chi connectivity index (χ4v) is 2.92. The van der Waals surface area contributed by atoms with E-state index in [4.69, 9.17) is 9.84 Å². The molecule has 2 N–H and O–H groups in total. The lowest BCUT2D eigenvalue weighted by atomic mass is 10.1. The molecule has 1 atom stereocenters. The normalized spacial score (nSPS) is 13.1. The van der Waals surface area contributed by atoms with Crippen LogP contribution >= 0.6 is 0 Å². The molecule has 1 unspecified atom stereocenters. The van der Waals surface area contributed by atoms with Crippen LogP contribution < -0.4 is 0 Å². The van der Waals surface area contributed by atoms with Crippen LogP contribution in [0.2, 0.25) is 0 Å². The summed E-state index contributed by atoms with van der Waals surface area (Å²) in [5.74, 6) is 0. The molecular formula is C20H43NO3. The topological polar surface area (TPSA) is 52.9 Å². The van der Waals surface area contributed by atoms with Crippen LogP contribution in [0.5, 0.6) is 0 Å². The van der Waals surface area contributed by atoms with Crippen molar-refractivity contribution in [1.82, 2.24) is 4.90 Å². The van der Waals surface area contributed by atoms with Gasteiger partial charge in [-0.15, -0.1) is 0 Å². The van der Waals surface area contributed by atoms with Gasteiger partial charge in [-0.3, -0.25) is 4.90 Å². The lowest BCUT2D eigenvalue weighted by molar-refractivity contribution is 0.00704. The number of aliphatic hydroxyl groups is 2.